The minimum absolute atomic E-state index is 0.779. The molecule has 0 aromatic carbocycles. The number of ether oxygens (including phenoxy) is 1. The molecule has 1 fully saturated rings. The molecular formula is C10H11IN4O. The topological polar surface area (TPSA) is 42.7 Å². The molecule has 5 nitrogen and oxygen atoms in total. The van der Waals surface area contributed by atoms with Crippen LogP contribution >= 0.6 is 22.6 Å². The van der Waals surface area contributed by atoms with Gasteiger partial charge in [0, 0.05) is 13.1 Å². The van der Waals surface area contributed by atoms with Crippen molar-refractivity contribution >= 4 is 34.1 Å². The van der Waals surface area contributed by atoms with E-state index in [-0.39, 0.29) is 0 Å². The summed E-state index contributed by atoms with van der Waals surface area (Å²) in [4.78, 5) is 6.49. The molecule has 3 heterocycles. The fourth-order valence-electron chi connectivity index (χ4n) is 1.80. The molecule has 0 radical (unpaired) electrons. The molecule has 1 aliphatic rings. The molecule has 0 spiro atoms. The molecule has 0 atom stereocenters. The molecule has 0 bridgehead atoms. The number of rotatable bonds is 1. The van der Waals surface area contributed by atoms with E-state index in [0.717, 1.165) is 41.5 Å². The van der Waals surface area contributed by atoms with Crippen LogP contribution in [0.3, 0.4) is 0 Å². The van der Waals surface area contributed by atoms with Gasteiger partial charge in [-0.2, -0.15) is 0 Å². The molecule has 0 amide bonds. The van der Waals surface area contributed by atoms with E-state index in [1.54, 1.807) is 0 Å². The molecule has 0 N–H and O–H groups in total. The first-order chi connectivity index (χ1) is 7.84. The number of morpholine rings is 1. The van der Waals surface area contributed by atoms with Gasteiger partial charge in [0.25, 0.3) is 0 Å². The zero-order valence-corrected chi connectivity index (χ0v) is 10.8. The first kappa shape index (κ1) is 10.3. The Labute approximate surface area is 107 Å². The molecule has 0 unspecified atom stereocenters. The van der Waals surface area contributed by atoms with Crippen LogP contribution < -0.4 is 4.90 Å². The Balaban J connectivity index is 1.99. The van der Waals surface area contributed by atoms with Crippen LogP contribution in [-0.2, 0) is 4.74 Å². The highest BCUT2D eigenvalue weighted by atomic mass is 127. The number of aromatic nitrogens is 3. The van der Waals surface area contributed by atoms with E-state index < -0.39 is 0 Å². The zero-order valence-electron chi connectivity index (χ0n) is 8.64. The minimum Gasteiger partial charge on any atom is -0.378 e. The summed E-state index contributed by atoms with van der Waals surface area (Å²) >= 11 is 2.24. The maximum Gasteiger partial charge on any atom is 0.154 e. The lowest BCUT2D eigenvalue weighted by Gasteiger charge is -2.27. The van der Waals surface area contributed by atoms with Crippen molar-refractivity contribution in [3.63, 3.8) is 0 Å². The maximum absolute atomic E-state index is 5.33. The Morgan fingerprint density at radius 2 is 2.06 bits per heavy atom. The van der Waals surface area contributed by atoms with Crippen molar-refractivity contribution in [1.29, 1.82) is 0 Å². The zero-order chi connectivity index (χ0) is 11.0. The van der Waals surface area contributed by atoms with Crippen LogP contribution in [-0.4, -0.2) is 40.9 Å². The molecule has 1 aliphatic heterocycles. The van der Waals surface area contributed by atoms with Crippen molar-refractivity contribution in [2.75, 3.05) is 31.2 Å². The van der Waals surface area contributed by atoms with Gasteiger partial charge in [-0.1, -0.05) is 0 Å². The van der Waals surface area contributed by atoms with Crippen molar-refractivity contribution in [3.05, 3.63) is 22.0 Å². The average molecular weight is 330 g/mol. The fraction of sp³-hybridized carbons (Fsp3) is 0.400. The minimum atomic E-state index is 0.779. The molecule has 6 heteroatoms. The monoisotopic (exact) mass is 330 g/mol. The van der Waals surface area contributed by atoms with Gasteiger partial charge in [-0.15, -0.1) is 5.10 Å². The molecule has 2 aromatic rings. The standard InChI is InChI=1S/C10H11IN4O/c11-8-7-12-9-1-2-10(13-15(8)9)14-3-5-16-6-4-14/h1-2,7H,3-6H2. The van der Waals surface area contributed by atoms with E-state index in [0.29, 0.717) is 0 Å². The molecule has 0 saturated carbocycles. The van der Waals surface area contributed by atoms with Crippen molar-refractivity contribution in [2.24, 2.45) is 0 Å². The van der Waals surface area contributed by atoms with Crippen molar-refractivity contribution < 1.29 is 4.74 Å². The number of anilines is 1. The van der Waals surface area contributed by atoms with E-state index in [9.17, 15) is 0 Å². The number of imidazole rings is 1. The Bertz CT molecular complexity index is 506. The largest absolute Gasteiger partial charge is 0.378 e. The van der Waals surface area contributed by atoms with Crippen LogP contribution in [0.2, 0.25) is 0 Å². The lowest BCUT2D eigenvalue weighted by atomic mass is 10.4. The van der Waals surface area contributed by atoms with Gasteiger partial charge < -0.3 is 9.64 Å². The summed E-state index contributed by atoms with van der Waals surface area (Å²) in [7, 11) is 0. The maximum atomic E-state index is 5.33. The molecule has 0 aliphatic carbocycles. The highest BCUT2D eigenvalue weighted by Gasteiger charge is 2.13. The average Bonchev–Trinajstić information content (AvgIpc) is 2.72. The predicted octanol–water partition coefficient (Wildman–Crippen LogP) is 1.17. The fourth-order valence-corrected chi connectivity index (χ4v) is 2.29. The van der Waals surface area contributed by atoms with Crippen LogP contribution in [0.25, 0.3) is 5.65 Å². The second-order valence-electron chi connectivity index (χ2n) is 3.64. The Hall–Kier alpha value is -0.890. The van der Waals surface area contributed by atoms with Crippen LogP contribution in [0.5, 0.6) is 0 Å². The van der Waals surface area contributed by atoms with E-state index in [4.69, 9.17) is 4.74 Å². The number of halogens is 1. The summed E-state index contributed by atoms with van der Waals surface area (Å²) in [5.41, 5.74) is 0.890. The van der Waals surface area contributed by atoms with Gasteiger partial charge in [0.2, 0.25) is 0 Å². The predicted molar refractivity (Wildman–Crippen MR) is 68.7 cm³/mol. The van der Waals surface area contributed by atoms with Gasteiger partial charge in [0.15, 0.2) is 5.65 Å². The van der Waals surface area contributed by atoms with Crippen LogP contribution in [0.1, 0.15) is 0 Å². The van der Waals surface area contributed by atoms with Crippen LogP contribution in [0.15, 0.2) is 18.3 Å². The van der Waals surface area contributed by atoms with Crippen molar-refractivity contribution in [1.82, 2.24) is 14.6 Å². The summed E-state index contributed by atoms with van der Waals surface area (Å²) in [6.45, 7) is 3.37. The van der Waals surface area contributed by atoms with E-state index in [2.05, 4.69) is 37.6 Å². The van der Waals surface area contributed by atoms with Gasteiger partial charge in [-0.05, 0) is 34.7 Å². The SMILES string of the molecule is Ic1cnc2ccc(N3CCOCC3)nn12. The number of hydrogen-bond donors (Lipinski definition) is 0. The lowest BCUT2D eigenvalue weighted by molar-refractivity contribution is 0.122. The Morgan fingerprint density at radius 3 is 2.88 bits per heavy atom. The third-order valence-electron chi connectivity index (χ3n) is 2.64. The van der Waals surface area contributed by atoms with Crippen LogP contribution in [0.4, 0.5) is 5.82 Å². The molecule has 16 heavy (non-hydrogen) atoms. The number of fused-ring (bicyclic) bond motifs is 1. The third-order valence-corrected chi connectivity index (χ3v) is 3.38. The summed E-state index contributed by atoms with van der Waals surface area (Å²) < 4.78 is 8.22. The van der Waals surface area contributed by atoms with Gasteiger partial charge in [-0.25, -0.2) is 9.50 Å². The van der Waals surface area contributed by atoms with Crippen molar-refractivity contribution in [2.45, 2.75) is 0 Å². The molecule has 2 aromatic heterocycles. The van der Waals surface area contributed by atoms with Gasteiger partial charge >= 0.3 is 0 Å². The molecule has 3 rings (SSSR count). The van der Waals surface area contributed by atoms with Gasteiger partial charge in [0.1, 0.15) is 9.52 Å². The molecular weight excluding hydrogens is 319 g/mol. The normalized spacial score (nSPS) is 16.9. The first-order valence-corrected chi connectivity index (χ1v) is 6.25. The highest BCUT2D eigenvalue weighted by molar-refractivity contribution is 14.1. The van der Waals surface area contributed by atoms with E-state index in [1.165, 1.54) is 0 Å². The second-order valence-corrected chi connectivity index (χ2v) is 4.75. The summed E-state index contributed by atoms with van der Waals surface area (Å²) in [6, 6.07) is 4.02. The first-order valence-electron chi connectivity index (χ1n) is 5.17. The summed E-state index contributed by atoms with van der Waals surface area (Å²) in [5.74, 6) is 0.992. The smallest absolute Gasteiger partial charge is 0.154 e. The Morgan fingerprint density at radius 1 is 1.25 bits per heavy atom. The van der Waals surface area contributed by atoms with Gasteiger partial charge in [0.05, 0.1) is 19.4 Å². The van der Waals surface area contributed by atoms with E-state index in [1.807, 2.05) is 22.8 Å². The Kier molecular flexibility index (Phi) is 2.68. The van der Waals surface area contributed by atoms with Gasteiger partial charge in [-0.3, -0.25) is 0 Å². The van der Waals surface area contributed by atoms with E-state index >= 15 is 0 Å². The summed E-state index contributed by atoms with van der Waals surface area (Å²) in [6.07, 6.45) is 1.83. The van der Waals surface area contributed by atoms with Crippen molar-refractivity contribution in [3.8, 4) is 0 Å². The second kappa shape index (κ2) is 4.17. The molecule has 1 saturated heterocycles. The summed E-state index contributed by atoms with van der Waals surface area (Å²) in [5, 5.41) is 4.58. The lowest BCUT2D eigenvalue weighted by Crippen LogP contribution is -2.37. The highest BCUT2D eigenvalue weighted by Crippen LogP contribution is 2.15. The molecule has 84 valence electrons. The number of nitrogens with zero attached hydrogens (tertiary/aromatic N) is 4. The number of hydrogen-bond acceptors (Lipinski definition) is 4. The van der Waals surface area contributed by atoms with Crippen LogP contribution in [0, 0.1) is 3.70 Å². The third kappa shape index (κ3) is 1.75. The quantitative estimate of drug-likeness (QED) is 0.737.